The van der Waals surface area contributed by atoms with Crippen molar-refractivity contribution in [3.05, 3.63) is 5.21 Å². The molecule has 1 rings (SSSR count). The highest BCUT2D eigenvalue weighted by atomic mass is 16.5. The van der Waals surface area contributed by atoms with Gasteiger partial charge in [0.2, 0.25) is 0 Å². The molecule has 1 heterocycles. The first-order valence-corrected chi connectivity index (χ1v) is 4.57. The Bertz CT molecular complexity index is 191. The van der Waals surface area contributed by atoms with Crippen molar-refractivity contribution in [2.24, 2.45) is 0 Å². The Labute approximate surface area is 78.7 Å². The molecule has 4 heteroatoms. The maximum Gasteiger partial charge on any atom is 0.174 e. The Kier molecular flexibility index (Phi) is 2.24. The lowest BCUT2D eigenvalue weighted by Crippen LogP contribution is -3.23. The lowest BCUT2D eigenvalue weighted by Gasteiger charge is -2.55. The highest BCUT2D eigenvalue weighted by molar-refractivity contribution is 4.89. The fraction of sp³-hybridized carbons (Fsp3) is 1.00. The Morgan fingerprint density at radius 3 is 1.62 bits per heavy atom. The van der Waals surface area contributed by atoms with E-state index in [0.29, 0.717) is 0 Å². The van der Waals surface area contributed by atoms with Gasteiger partial charge in [-0.15, -0.1) is 0 Å². The predicted molar refractivity (Wildman–Crippen MR) is 48.9 cm³/mol. The van der Waals surface area contributed by atoms with Gasteiger partial charge in [-0.1, -0.05) is 0 Å². The molecule has 0 amide bonds. The summed E-state index contributed by atoms with van der Waals surface area (Å²) in [4.78, 5) is 0. The number of aliphatic hydroxyl groups is 2. The monoisotopic (exact) mass is 189 g/mol. The number of hydrogen-bond acceptors (Lipinski definition) is 3. The van der Waals surface area contributed by atoms with Crippen LogP contribution in [0.2, 0.25) is 0 Å². The summed E-state index contributed by atoms with van der Waals surface area (Å²) in [6.45, 7) is 7.05. The smallest absolute Gasteiger partial charge is 0.174 e. The summed E-state index contributed by atoms with van der Waals surface area (Å²) in [6.07, 6.45) is 0.254. The summed E-state index contributed by atoms with van der Waals surface area (Å²) in [7, 11) is 0. The maximum absolute atomic E-state index is 11.8. The Hall–Kier alpha value is -0.160. The molecule has 13 heavy (non-hydrogen) atoms. The van der Waals surface area contributed by atoms with Crippen molar-refractivity contribution in [3.63, 3.8) is 0 Å². The summed E-state index contributed by atoms with van der Waals surface area (Å²) in [5.74, 6) is -1.69. The number of rotatable bonds is 0. The summed E-state index contributed by atoms with van der Waals surface area (Å²) in [6, 6.07) is 0. The minimum atomic E-state index is -1.69. The quantitative estimate of drug-likeness (QED) is 0.352. The van der Waals surface area contributed by atoms with Gasteiger partial charge in [-0.05, 0) is 27.7 Å². The van der Waals surface area contributed by atoms with Gasteiger partial charge in [-0.2, -0.15) is 0 Å². The number of quaternary nitrogens is 1. The van der Waals surface area contributed by atoms with Crippen LogP contribution in [0.15, 0.2) is 0 Å². The second kappa shape index (κ2) is 2.67. The van der Waals surface area contributed by atoms with Crippen molar-refractivity contribution < 1.29 is 15.3 Å². The van der Waals surface area contributed by atoms with Crippen LogP contribution in [-0.2, 0) is 0 Å². The molecule has 0 aromatic rings. The third kappa shape index (κ3) is 2.02. The molecule has 0 saturated carbocycles. The molecule has 0 aromatic heterocycles. The first kappa shape index (κ1) is 10.9. The Balaban J connectivity index is 2.96. The topological polar surface area (TPSA) is 68.0 Å². The lowest BCUT2D eigenvalue weighted by molar-refractivity contribution is -0.959. The van der Waals surface area contributed by atoms with Crippen molar-refractivity contribution in [2.75, 3.05) is 0 Å². The Morgan fingerprint density at radius 1 is 1.00 bits per heavy atom. The van der Waals surface area contributed by atoms with Crippen molar-refractivity contribution in [2.45, 2.75) is 57.4 Å². The van der Waals surface area contributed by atoms with Gasteiger partial charge in [0, 0.05) is 0 Å². The molecule has 1 aliphatic rings. The summed E-state index contributed by atoms with van der Waals surface area (Å²) in [5, 5.41) is 31.1. The first-order valence-electron chi connectivity index (χ1n) is 4.57. The molecule has 3 N–H and O–H groups in total. The fourth-order valence-electron chi connectivity index (χ4n) is 2.55. The van der Waals surface area contributed by atoms with Crippen LogP contribution in [0.4, 0.5) is 0 Å². The molecule has 0 bridgehead atoms. The molecular formula is C9H19NO3. The molecule has 0 unspecified atom stereocenters. The van der Waals surface area contributed by atoms with E-state index in [9.17, 15) is 15.4 Å². The van der Waals surface area contributed by atoms with E-state index in [4.69, 9.17) is 0 Å². The number of hydroxylamine groups is 2. The van der Waals surface area contributed by atoms with Gasteiger partial charge in [0.05, 0.1) is 23.9 Å². The van der Waals surface area contributed by atoms with E-state index in [1.165, 1.54) is 0 Å². The largest absolute Gasteiger partial charge is 0.634 e. The molecule has 4 nitrogen and oxygen atoms in total. The number of hydrogen-bond donors (Lipinski definition) is 3. The second-order valence-corrected chi connectivity index (χ2v) is 5.43. The van der Waals surface area contributed by atoms with E-state index >= 15 is 0 Å². The van der Waals surface area contributed by atoms with E-state index in [-0.39, 0.29) is 17.9 Å². The van der Waals surface area contributed by atoms with E-state index in [0.717, 1.165) is 0 Å². The van der Waals surface area contributed by atoms with Gasteiger partial charge in [-0.25, -0.2) is 0 Å². The minimum absolute atomic E-state index is 0.110. The molecular weight excluding hydrogens is 170 g/mol. The third-order valence-electron chi connectivity index (χ3n) is 2.68. The van der Waals surface area contributed by atoms with Gasteiger partial charge in [0.15, 0.2) is 5.79 Å². The minimum Gasteiger partial charge on any atom is -0.634 e. The van der Waals surface area contributed by atoms with Crippen molar-refractivity contribution in [3.8, 4) is 0 Å². The summed E-state index contributed by atoms with van der Waals surface area (Å²) in [5.41, 5.74) is -1.27. The van der Waals surface area contributed by atoms with Crippen LogP contribution in [0, 0.1) is 5.21 Å². The summed E-state index contributed by atoms with van der Waals surface area (Å²) < 4.78 is 0. The SMILES string of the molecule is CC1(C)CC(O)(O)CC(C)(C)[NH+]1[O-]. The van der Waals surface area contributed by atoms with E-state index in [1.54, 1.807) is 27.7 Å². The standard InChI is InChI=1S/C9H19NO3/c1-7(2)5-9(11,12)6-8(3,4)10(7)13/h10-12H,5-6H2,1-4H3. The van der Waals surface area contributed by atoms with E-state index < -0.39 is 16.9 Å². The van der Waals surface area contributed by atoms with E-state index in [2.05, 4.69) is 0 Å². The number of piperidine rings is 1. The molecule has 0 atom stereocenters. The second-order valence-electron chi connectivity index (χ2n) is 5.43. The fourth-order valence-corrected chi connectivity index (χ4v) is 2.55. The molecule has 0 aliphatic carbocycles. The van der Waals surface area contributed by atoms with Crippen LogP contribution in [0.5, 0.6) is 0 Å². The molecule has 1 saturated heterocycles. The first-order chi connectivity index (χ1) is 5.57. The lowest BCUT2D eigenvalue weighted by atomic mass is 9.78. The van der Waals surface area contributed by atoms with Gasteiger partial charge in [0.1, 0.15) is 0 Å². The molecule has 0 radical (unpaired) electrons. The van der Waals surface area contributed by atoms with Crippen LogP contribution in [0.25, 0.3) is 0 Å². The van der Waals surface area contributed by atoms with Crippen molar-refractivity contribution in [1.29, 1.82) is 0 Å². The van der Waals surface area contributed by atoms with Gasteiger partial charge in [-0.3, -0.25) is 0 Å². The average Bonchev–Trinajstić information content (AvgIpc) is 1.77. The third-order valence-corrected chi connectivity index (χ3v) is 2.68. The molecule has 0 aromatic carbocycles. The van der Waals surface area contributed by atoms with E-state index in [1.807, 2.05) is 0 Å². The van der Waals surface area contributed by atoms with Gasteiger partial charge >= 0.3 is 0 Å². The van der Waals surface area contributed by atoms with Crippen LogP contribution in [0.1, 0.15) is 40.5 Å². The molecule has 78 valence electrons. The summed E-state index contributed by atoms with van der Waals surface area (Å²) >= 11 is 0. The van der Waals surface area contributed by atoms with Crippen LogP contribution < -0.4 is 5.06 Å². The molecule has 1 aliphatic heterocycles. The zero-order chi connectivity index (χ0) is 10.5. The zero-order valence-corrected chi connectivity index (χ0v) is 8.72. The molecule has 0 spiro atoms. The predicted octanol–water partition coefficient (Wildman–Crippen LogP) is -0.599. The molecule has 1 fully saturated rings. The van der Waals surface area contributed by atoms with Gasteiger partial charge < -0.3 is 20.5 Å². The van der Waals surface area contributed by atoms with Gasteiger partial charge in [0.25, 0.3) is 0 Å². The average molecular weight is 189 g/mol. The maximum atomic E-state index is 11.8. The highest BCUT2D eigenvalue weighted by Crippen LogP contribution is 2.29. The zero-order valence-electron chi connectivity index (χ0n) is 8.72. The Morgan fingerprint density at radius 2 is 1.31 bits per heavy atom. The highest BCUT2D eigenvalue weighted by Gasteiger charge is 2.51. The normalized spacial score (nSPS) is 31.6. The van der Waals surface area contributed by atoms with Crippen molar-refractivity contribution in [1.82, 2.24) is 0 Å². The number of nitrogens with one attached hydrogen (secondary N) is 1. The van der Waals surface area contributed by atoms with Crippen molar-refractivity contribution >= 4 is 0 Å². The van der Waals surface area contributed by atoms with Crippen LogP contribution >= 0.6 is 0 Å². The van der Waals surface area contributed by atoms with Crippen LogP contribution in [-0.4, -0.2) is 27.1 Å². The van der Waals surface area contributed by atoms with Crippen LogP contribution in [0.3, 0.4) is 0 Å².